The Bertz CT molecular complexity index is 160. The molecule has 1 rings (SSSR count). The lowest BCUT2D eigenvalue weighted by Gasteiger charge is -2.02. The number of hydroxylamine groups is 1. The zero-order valence-electron chi connectivity index (χ0n) is 5.16. The van der Waals surface area contributed by atoms with Crippen molar-refractivity contribution in [2.75, 3.05) is 0 Å². The summed E-state index contributed by atoms with van der Waals surface area (Å²) in [4.78, 5) is 0. The highest BCUT2D eigenvalue weighted by Gasteiger charge is 2.02. The second kappa shape index (κ2) is 2.66. The molecule has 0 fully saturated rings. The summed E-state index contributed by atoms with van der Waals surface area (Å²) < 4.78 is 4.79. The Morgan fingerprint density at radius 2 is 2.56 bits per heavy atom. The van der Waals surface area contributed by atoms with Crippen LogP contribution in [0.2, 0.25) is 0 Å². The Balaban J connectivity index is 2.65. The highest BCUT2D eigenvalue weighted by atomic mass is 16.5. The van der Waals surface area contributed by atoms with Crippen molar-refractivity contribution in [1.29, 1.82) is 0 Å². The Morgan fingerprint density at radius 1 is 1.78 bits per heavy atom. The highest BCUT2D eigenvalue weighted by molar-refractivity contribution is 5.09. The van der Waals surface area contributed by atoms with Crippen LogP contribution in [-0.4, -0.2) is 5.21 Å². The summed E-state index contributed by atoms with van der Waals surface area (Å²) >= 11 is 0. The fourth-order valence-electron chi connectivity index (χ4n) is 0.596. The van der Waals surface area contributed by atoms with Gasteiger partial charge in [0, 0.05) is 5.56 Å². The van der Waals surface area contributed by atoms with Gasteiger partial charge in [-0.2, -0.15) is 5.48 Å². The molecule has 1 unspecified atom stereocenters. The van der Waals surface area contributed by atoms with Gasteiger partial charge in [-0.25, -0.2) is 0 Å². The summed E-state index contributed by atoms with van der Waals surface area (Å²) in [5.41, 5.74) is 3.05. The number of furan rings is 1. The first-order chi connectivity index (χ1) is 4.34. The van der Waals surface area contributed by atoms with E-state index in [1.165, 1.54) is 0 Å². The molecule has 1 atom stereocenters. The first kappa shape index (κ1) is 6.32. The molecule has 0 aliphatic rings. The van der Waals surface area contributed by atoms with E-state index >= 15 is 0 Å². The predicted molar refractivity (Wildman–Crippen MR) is 32.0 cm³/mol. The molecule has 1 heterocycles. The van der Waals surface area contributed by atoms with Crippen LogP contribution in [0.3, 0.4) is 0 Å². The molecule has 0 aliphatic heterocycles. The molecule has 0 radical (unpaired) electrons. The molecule has 0 saturated heterocycles. The molecule has 2 N–H and O–H groups in total. The third-order valence-electron chi connectivity index (χ3n) is 1.24. The van der Waals surface area contributed by atoms with E-state index in [2.05, 4.69) is 5.48 Å². The van der Waals surface area contributed by atoms with Gasteiger partial charge in [0.2, 0.25) is 0 Å². The first-order valence-corrected chi connectivity index (χ1v) is 2.76. The topological polar surface area (TPSA) is 45.4 Å². The second-order valence-electron chi connectivity index (χ2n) is 1.91. The van der Waals surface area contributed by atoms with Crippen LogP contribution in [-0.2, 0) is 0 Å². The zero-order chi connectivity index (χ0) is 6.69. The van der Waals surface area contributed by atoms with E-state index in [0.717, 1.165) is 5.56 Å². The van der Waals surface area contributed by atoms with Crippen molar-refractivity contribution in [3.63, 3.8) is 0 Å². The van der Waals surface area contributed by atoms with Crippen LogP contribution in [0.4, 0.5) is 0 Å². The van der Waals surface area contributed by atoms with Crippen molar-refractivity contribution in [3.8, 4) is 0 Å². The van der Waals surface area contributed by atoms with E-state index in [-0.39, 0.29) is 6.04 Å². The molecule has 0 saturated carbocycles. The molecule has 50 valence electrons. The summed E-state index contributed by atoms with van der Waals surface area (Å²) in [6.07, 6.45) is 3.16. The van der Waals surface area contributed by atoms with Gasteiger partial charge >= 0.3 is 0 Å². The maximum absolute atomic E-state index is 8.41. The van der Waals surface area contributed by atoms with Gasteiger partial charge < -0.3 is 9.62 Å². The maximum Gasteiger partial charge on any atom is 0.0951 e. The molecule has 0 aromatic carbocycles. The van der Waals surface area contributed by atoms with E-state index in [9.17, 15) is 0 Å². The molecular weight excluding hydrogens is 118 g/mol. The third kappa shape index (κ3) is 1.31. The Hall–Kier alpha value is -0.800. The van der Waals surface area contributed by atoms with Gasteiger partial charge in [-0.3, -0.25) is 0 Å². The van der Waals surface area contributed by atoms with Crippen LogP contribution in [0.25, 0.3) is 0 Å². The van der Waals surface area contributed by atoms with E-state index in [1.807, 2.05) is 6.92 Å². The van der Waals surface area contributed by atoms with Crippen molar-refractivity contribution in [2.24, 2.45) is 0 Å². The Kier molecular flexibility index (Phi) is 1.87. The predicted octanol–water partition coefficient (Wildman–Crippen LogP) is 1.32. The van der Waals surface area contributed by atoms with Crippen molar-refractivity contribution < 1.29 is 9.62 Å². The van der Waals surface area contributed by atoms with Crippen LogP contribution in [0.15, 0.2) is 23.0 Å². The minimum Gasteiger partial charge on any atom is -0.472 e. The number of nitrogens with one attached hydrogen (secondary N) is 1. The molecule has 0 amide bonds. The van der Waals surface area contributed by atoms with Crippen molar-refractivity contribution in [3.05, 3.63) is 24.2 Å². The average Bonchev–Trinajstić information content (AvgIpc) is 2.37. The van der Waals surface area contributed by atoms with E-state index < -0.39 is 0 Å². The molecule has 1 aromatic rings. The smallest absolute Gasteiger partial charge is 0.0951 e. The maximum atomic E-state index is 8.41. The molecule has 3 nitrogen and oxygen atoms in total. The number of hydrogen-bond acceptors (Lipinski definition) is 3. The van der Waals surface area contributed by atoms with Crippen molar-refractivity contribution in [2.45, 2.75) is 13.0 Å². The monoisotopic (exact) mass is 127 g/mol. The van der Waals surface area contributed by atoms with Gasteiger partial charge in [0.1, 0.15) is 0 Å². The molecule has 9 heavy (non-hydrogen) atoms. The largest absolute Gasteiger partial charge is 0.472 e. The SMILES string of the molecule is CC(NO)c1ccoc1. The molecular formula is C6H9NO2. The van der Waals surface area contributed by atoms with E-state index in [4.69, 9.17) is 9.62 Å². The van der Waals surface area contributed by atoms with Gasteiger partial charge in [-0.05, 0) is 13.0 Å². The minimum atomic E-state index is -0.0521. The quantitative estimate of drug-likeness (QED) is 0.589. The molecule has 1 aromatic heterocycles. The van der Waals surface area contributed by atoms with Gasteiger partial charge in [0.15, 0.2) is 0 Å². The lowest BCUT2D eigenvalue weighted by molar-refractivity contribution is 0.133. The Morgan fingerprint density at radius 3 is 3.00 bits per heavy atom. The molecule has 0 bridgehead atoms. The van der Waals surface area contributed by atoms with Crippen LogP contribution >= 0.6 is 0 Å². The highest BCUT2D eigenvalue weighted by Crippen LogP contribution is 2.10. The third-order valence-corrected chi connectivity index (χ3v) is 1.24. The summed E-state index contributed by atoms with van der Waals surface area (Å²) in [6.45, 7) is 1.84. The average molecular weight is 127 g/mol. The summed E-state index contributed by atoms with van der Waals surface area (Å²) in [5, 5.41) is 8.41. The Labute approximate surface area is 53.3 Å². The summed E-state index contributed by atoms with van der Waals surface area (Å²) in [5.74, 6) is 0. The van der Waals surface area contributed by atoms with Crippen LogP contribution in [0, 0.1) is 0 Å². The molecule has 0 spiro atoms. The lowest BCUT2D eigenvalue weighted by atomic mass is 10.2. The molecule has 3 heteroatoms. The standard InChI is InChI=1S/C6H9NO2/c1-5(7-8)6-2-3-9-4-6/h2-5,7-8H,1H3. The fraction of sp³-hybridized carbons (Fsp3) is 0.333. The van der Waals surface area contributed by atoms with Crippen molar-refractivity contribution in [1.82, 2.24) is 5.48 Å². The second-order valence-corrected chi connectivity index (χ2v) is 1.91. The van der Waals surface area contributed by atoms with Crippen LogP contribution in [0.5, 0.6) is 0 Å². The number of rotatable bonds is 2. The summed E-state index contributed by atoms with van der Waals surface area (Å²) in [6, 6.07) is 1.75. The van der Waals surface area contributed by atoms with E-state index in [0.29, 0.717) is 0 Å². The van der Waals surface area contributed by atoms with Gasteiger partial charge in [0.25, 0.3) is 0 Å². The first-order valence-electron chi connectivity index (χ1n) is 2.76. The summed E-state index contributed by atoms with van der Waals surface area (Å²) in [7, 11) is 0. The van der Waals surface area contributed by atoms with Crippen molar-refractivity contribution >= 4 is 0 Å². The van der Waals surface area contributed by atoms with Gasteiger partial charge in [-0.1, -0.05) is 0 Å². The van der Waals surface area contributed by atoms with Gasteiger partial charge in [0.05, 0.1) is 18.6 Å². The van der Waals surface area contributed by atoms with Crippen LogP contribution in [0.1, 0.15) is 18.5 Å². The fourth-order valence-corrected chi connectivity index (χ4v) is 0.596. The zero-order valence-corrected chi connectivity index (χ0v) is 5.16. The normalized spacial score (nSPS) is 13.6. The molecule has 0 aliphatic carbocycles. The minimum absolute atomic E-state index is 0.0521. The van der Waals surface area contributed by atoms with E-state index in [1.54, 1.807) is 18.6 Å². The number of hydrogen-bond donors (Lipinski definition) is 2. The van der Waals surface area contributed by atoms with Crippen LogP contribution < -0.4 is 5.48 Å². The van der Waals surface area contributed by atoms with Gasteiger partial charge in [-0.15, -0.1) is 0 Å². The lowest BCUT2D eigenvalue weighted by Crippen LogP contribution is -2.11.